The molecule has 46 valence electrons. The largest absolute Gasteiger partial charge is 0.298 e. The van der Waals surface area contributed by atoms with Crippen LogP contribution >= 0.6 is 12.2 Å². The highest BCUT2D eigenvalue weighted by Gasteiger charge is 1.97. The topological polar surface area (TPSA) is 17.1 Å². The highest BCUT2D eigenvalue weighted by Crippen LogP contribution is 2.04. The van der Waals surface area contributed by atoms with Gasteiger partial charge in [-0.2, -0.15) is 0 Å². The van der Waals surface area contributed by atoms with Gasteiger partial charge >= 0.3 is 0 Å². The van der Waals surface area contributed by atoms with E-state index in [0.717, 1.165) is 17.6 Å². The van der Waals surface area contributed by atoms with E-state index in [2.05, 4.69) is 0 Å². The summed E-state index contributed by atoms with van der Waals surface area (Å²) in [6.45, 7) is 0. The molecule has 0 aromatic carbocycles. The highest BCUT2D eigenvalue weighted by molar-refractivity contribution is 7.80. The Bertz CT molecular complexity index is 201. The van der Waals surface area contributed by atoms with Gasteiger partial charge in [0, 0.05) is 16.9 Å². The third-order valence-corrected chi connectivity index (χ3v) is 1.38. The SMILES string of the molecule is O=CC1=CC(=S)CC=C1. The van der Waals surface area contributed by atoms with Crippen molar-refractivity contribution in [1.82, 2.24) is 0 Å². The van der Waals surface area contributed by atoms with Crippen LogP contribution < -0.4 is 0 Å². The van der Waals surface area contributed by atoms with Crippen LogP contribution in [0.15, 0.2) is 23.8 Å². The number of hydrogen-bond donors (Lipinski definition) is 0. The zero-order valence-electron chi connectivity index (χ0n) is 4.83. The Morgan fingerprint density at radius 1 is 1.67 bits per heavy atom. The van der Waals surface area contributed by atoms with E-state index in [1.165, 1.54) is 0 Å². The lowest BCUT2D eigenvalue weighted by Gasteiger charge is -1.98. The summed E-state index contributed by atoms with van der Waals surface area (Å²) < 4.78 is 0. The minimum Gasteiger partial charge on any atom is -0.298 e. The lowest BCUT2D eigenvalue weighted by Crippen LogP contribution is -1.94. The van der Waals surface area contributed by atoms with Gasteiger partial charge in [0.1, 0.15) is 6.29 Å². The molecule has 0 amide bonds. The first-order valence-corrected chi connectivity index (χ1v) is 3.10. The molecule has 0 bridgehead atoms. The molecule has 1 rings (SSSR count). The fourth-order valence-electron chi connectivity index (χ4n) is 0.677. The minimum absolute atomic E-state index is 0.672. The van der Waals surface area contributed by atoms with Gasteiger partial charge in [-0.05, 0) is 6.08 Å². The number of carbonyl (C=O) groups is 1. The molecule has 0 atom stereocenters. The van der Waals surface area contributed by atoms with Crippen molar-refractivity contribution in [2.75, 3.05) is 0 Å². The molecule has 0 aromatic rings. The van der Waals surface area contributed by atoms with Crippen molar-refractivity contribution in [2.45, 2.75) is 6.42 Å². The molecule has 0 aliphatic heterocycles. The summed E-state index contributed by atoms with van der Waals surface area (Å²) in [5.41, 5.74) is 0.672. The van der Waals surface area contributed by atoms with Crippen LogP contribution in [0.25, 0.3) is 0 Å². The molecular weight excluding hydrogens is 132 g/mol. The van der Waals surface area contributed by atoms with Crippen LogP contribution in [-0.2, 0) is 4.79 Å². The second kappa shape index (κ2) is 2.69. The fraction of sp³-hybridized carbons (Fsp3) is 0.143. The zero-order valence-corrected chi connectivity index (χ0v) is 5.65. The third kappa shape index (κ3) is 1.57. The zero-order chi connectivity index (χ0) is 6.69. The molecule has 0 N–H and O–H groups in total. The first-order valence-electron chi connectivity index (χ1n) is 2.69. The molecule has 0 saturated carbocycles. The Hall–Kier alpha value is -0.760. The summed E-state index contributed by atoms with van der Waals surface area (Å²) in [5, 5.41) is 0. The van der Waals surface area contributed by atoms with E-state index in [1.807, 2.05) is 6.08 Å². The summed E-state index contributed by atoms with van der Waals surface area (Å²) >= 11 is 4.86. The van der Waals surface area contributed by atoms with Gasteiger partial charge in [0.05, 0.1) is 0 Å². The molecule has 1 aliphatic carbocycles. The molecule has 1 nitrogen and oxygen atoms in total. The van der Waals surface area contributed by atoms with Crippen molar-refractivity contribution >= 4 is 23.4 Å². The van der Waals surface area contributed by atoms with Gasteiger partial charge in [0.25, 0.3) is 0 Å². The summed E-state index contributed by atoms with van der Waals surface area (Å²) in [5.74, 6) is 0. The molecule has 0 aromatic heterocycles. The smallest absolute Gasteiger partial charge is 0.150 e. The van der Waals surface area contributed by atoms with Crippen LogP contribution in [0.1, 0.15) is 6.42 Å². The van der Waals surface area contributed by atoms with Crippen LogP contribution in [-0.4, -0.2) is 11.2 Å². The van der Waals surface area contributed by atoms with Gasteiger partial charge < -0.3 is 0 Å². The Balaban J connectivity index is 2.82. The number of rotatable bonds is 1. The fourth-order valence-corrected chi connectivity index (χ4v) is 0.910. The van der Waals surface area contributed by atoms with Gasteiger partial charge in [-0.15, -0.1) is 0 Å². The Morgan fingerprint density at radius 3 is 2.89 bits per heavy atom. The second-order valence-electron chi connectivity index (χ2n) is 1.83. The van der Waals surface area contributed by atoms with E-state index in [9.17, 15) is 4.79 Å². The van der Waals surface area contributed by atoms with Crippen LogP contribution in [0.2, 0.25) is 0 Å². The Morgan fingerprint density at radius 2 is 2.44 bits per heavy atom. The van der Waals surface area contributed by atoms with Gasteiger partial charge in [-0.25, -0.2) is 0 Å². The summed E-state index contributed by atoms with van der Waals surface area (Å²) in [4.78, 5) is 11.0. The van der Waals surface area contributed by atoms with E-state index in [4.69, 9.17) is 12.2 Å². The van der Waals surface area contributed by atoms with E-state index >= 15 is 0 Å². The van der Waals surface area contributed by atoms with Crippen LogP contribution in [0.4, 0.5) is 0 Å². The van der Waals surface area contributed by atoms with E-state index in [-0.39, 0.29) is 0 Å². The summed E-state index contributed by atoms with van der Waals surface area (Å²) in [6.07, 6.45) is 7.01. The maximum absolute atomic E-state index is 10.1. The minimum atomic E-state index is 0.672. The molecule has 0 saturated heterocycles. The Labute approximate surface area is 59.1 Å². The lowest BCUT2D eigenvalue weighted by molar-refractivity contribution is -0.104. The summed E-state index contributed by atoms with van der Waals surface area (Å²) in [7, 11) is 0. The first kappa shape index (κ1) is 6.36. The molecule has 0 spiro atoms. The van der Waals surface area contributed by atoms with E-state index in [1.54, 1.807) is 12.2 Å². The Kier molecular flexibility index (Phi) is 1.90. The van der Waals surface area contributed by atoms with Crippen molar-refractivity contribution in [3.63, 3.8) is 0 Å². The monoisotopic (exact) mass is 138 g/mol. The predicted molar refractivity (Wildman–Crippen MR) is 40.5 cm³/mol. The van der Waals surface area contributed by atoms with Gasteiger partial charge in [0.2, 0.25) is 0 Å². The molecule has 1 aliphatic rings. The van der Waals surface area contributed by atoms with Gasteiger partial charge in [0.15, 0.2) is 0 Å². The maximum Gasteiger partial charge on any atom is 0.150 e. The maximum atomic E-state index is 10.1. The number of carbonyl (C=O) groups excluding carboxylic acids is 1. The normalized spacial score (nSPS) is 17.3. The van der Waals surface area contributed by atoms with Crippen molar-refractivity contribution in [2.24, 2.45) is 0 Å². The standard InChI is InChI=1S/C7H6OS/c8-5-6-2-1-3-7(9)4-6/h1-2,4-5H,3H2. The second-order valence-corrected chi connectivity index (χ2v) is 2.36. The van der Waals surface area contributed by atoms with Gasteiger partial charge in [-0.1, -0.05) is 24.4 Å². The van der Waals surface area contributed by atoms with E-state index < -0.39 is 0 Å². The third-order valence-electron chi connectivity index (χ3n) is 1.09. The van der Waals surface area contributed by atoms with Gasteiger partial charge in [-0.3, -0.25) is 4.79 Å². The van der Waals surface area contributed by atoms with Crippen molar-refractivity contribution in [1.29, 1.82) is 0 Å². The average Bonchev–Trinajstić information content (AvgIpc) is 1.88. The number of hydrogen-bond acceptors (Lipinski definition) is 2. The molecule has 0 fully saturated rings. The number of aldehydes is 1. The molecule has 0 heterocycles. The molecule has 0 radical (unpaired) electrons. The molecule has 2 heteroatoms. The van der Waals surface area contributed by atoms with Crippen LogP contribution in [0.5, 0.6) is 0 Å². The van der Waals surface area contributed by atoms with Crippen LogP contribution in [0.3, 0.4) is 0 Å². The van der Waals surface area contributed by atoms with Crippen molar-refractivity contribution in [3.05, 3.63) is 23.8 Å². The predicted octanol–water partition coefficient (Wildman–Crippen LogP) is 1.44. The van der Waals surface area contributed by atoms with Crippen LogP contribution in [0, 0.1) is 0 Å². The molecular formula is C7H6OS. The van der Waals surface area contributed by atoms with Crippen molar-refractivity contribution in [3.8, 4) is 0 Å². The van der Waals surface area contributed by atoms with Crippen molar-refractivity contribution < 1.29 is 4.79 Å². The highest BCUT2D eigenvalue weighted by atomic mass is 32.1. The summed E-state index contributed by atoms with van der Waals surface area (Å²) in [6, 6.07) is 0. The lowest BCUT2D eigenvalue weighted by atomic mass is 10.1. The quantitative estimate of drug-likeness (QED) is 0.403. The van der Waals surface area contributed by atoms with E-state index in [0.29, 0.717) is 5.57 Å². The number of allylic oxidation sites excluding steroid dienone is 4. The molecule has 0 unspecified atom stereocenters. The molecule has 9 heavy (non-hydrogen) atoms. The average molecular weight is 138 g/mol. The number of thiocarbonyl (C=S) groups is 1. The first-order chi connectivity index (χ1) is 4.33.